The smallest absolute Gasteiger partial charge is 0.383 e. The molecule has 31 heavy (non-hydrogen) atoms. The first-order chi connectivity index (χ1) is 14.4. The number of methoxy groups -OCH3 is 1. The molecule has 2 aliphatic rings. The maximum Gasteiger partial charge on any atom is 0.401 e. The number of aliphatic imine (C=N–C) groups is 1. The fourth-order valence-electron chi connectivity index (χ4n) is 4.26. The zero-order valence-corrected chi connectivity index (χ0v) is 21.4. The summed E-state index contributed by atoms with van der Waals surface area (Å²) in [5, 5.41) is 6.72. The number of hydrogen-bond donors (Lipinski definition) is 2. The second-order valence-electron chi connectivity index (χ2n) is 8.55. The minimum absolute atomic E-state index is 0. The monoisotopic (exact) mass is 563 g/mol. The van der Waals surface area contributed by atoms with Gasteiger partial charge in [-0.2, -0.15) is 13.2 Å². The standard InChI is InChI=1S/C21H40F3N5O.HI/c1-3-25-20(27-16-19-7-10-28(11-8-19)14-15-30-2)26-9-4-18-5-12-29(13-6-18)17-21(22,23)24;/h18-19H,3-17H2,1-2H3,(H2,25,26,27);1H. The predicted molar refractivity (Wildman–Crippen MR) is 130 cm³/mol. The SMILES string of the molecule is CCNC(=NCC1CCN(CCOC)CC1)NCCC1CCN(CC(F)(F)F)CC1.I. The third-order valence-corrected chi connectivity index (χ3v) is 6.13. The van der Waals surface area contributed by atoms with E-state index in [9.17, 15) is 13.2 Å². The molecule has 0 unspecified atom stereocenters. The van der Waals surface area contributed by atoms with Crippen LogP contribution >= 0.6 is 24.0 Å². The van der Waals surface area contributed by atoms with Crippen LogP contribution in [-0.2, 0) is 4.74 Å². The molecule has 0 aromatic carbocycles. The molecule has 2 N–H and O–H groups in total. The summed E-state index contributed by atoms with van der Waals surface area (Å²) in [7, 11) is 1.74. The number of nitrogens with zero attached hydrogens (tertiary/aromatic N) is 3. The highest BCUT2D eigenvalue weighted by atomic mass is 127. The van der Waals surface area contributed by atoms with Gasteiger partial charge in [-0.15, -0.1) is 24.0 Å². The van der Waals surface area contributed by atoms with Crippen LogP contribution in [0.2, 0.25) is 0 Å². The Hall–Kier alpha value is -0.330. The largest absolute Gasteiger partial charge is 0.401 e. The van der Waals surface area contributed by atoms with Crippen molar-refractivity contribution < 1.29 is 17.9 Å². The molecule has 0 aliphatic carbocycles. The van der Waals surface area contributed by atoms with E-state index in [0.29, 0.717) is 24.9 Å². The number of halogens is 4. The van der Waals surface area contributed by atoms with Crippen LogP contribution in [0.3, 0.4) is 0 Å². The molecule has 0 bridgehead atoms. The lowest BCUT2D eigenvalue weighted by molar-refractivity contribution is -0.148. The number of nitrogens with one attached hydrogen (secondary N) is 2. The van der Waals surface area contributed by atoms with Crippen molar-refractivity contribution in [2.45, 2.75) is 45.2 Å². The highest BCUT2D eigenvalue weighted by Crippen LogP contribution is 2.24. The predicted octanol–water partition coefficient (Wildman–Crippen LogP) is 3.18. The van der Waals surface area contributed by atoms with Crippen molar-refractivity contribution in [2.24, 2.45) is 16.8 Å². The van der Waals surface area contributed by atoms with Gasteiger partial charge in [0.15, 0.2) is 5.96 Å². The summed E-state index contributed by atoms with van der Waals surface area (Å²) < 4.78 is 42.6. The van der Waals surface area contributed by atoms with Crippen molar-refractivity contribution in [1.29, 1.82) is 0 Å². The van der Waals surface area contributed by atoms with Gasteiger partial charge >= 0.3 is 6.18 Å². The Morgan fingerprint density at radius 1 is 1.00 bits per heavy atom. The van der Waals surface area contributed by atoms with Gasteiger partial charge < -0.3 is 20.3 Å². The van der Waals surface area contributed by atoms with E-state index in [1.165, 1.54) is 17.7 Å². The van der Waals surface area contributed by atoms with E-state index in [1.54, 1.807) is 7.11 Å². The van der Waals surface area contributed by atoms with Gasteiger partial charge in [-0.05, 0) is 77.0 Å². The van der Waals surface area contributed by atoms with Crippen molar-refractivity contribution in [3.63, 3.8) is 0 Å². The molecule has 2 fully saturated rings. The van der Waals surface area contributed by atoms with Gasteiger partial charge in [-0.1, -0.05) is 0 Å². The summed E-state index contributed by atoms with van der Waals surface area (Å²) in [5.74, 6) is 1.97. The summed E-state index contributed by atoms with van der Waals surface area (Å²) in [6.07, 6.45) is 0.903. The molecule has 10 heteroatoms. The molecule has 0 saturated carbocycles. The molecule has 184 valence electrons. The molecule has 0 amide bonds. The number of piperidine rings is 2. The Balaban J connectivity index is 0.00000480. The number of likely N-dealkylation sites (tertiary alicyclic amines) is 2. The van der Waals surface area contributed by atoms with Crippen molar-refractivity contribution >= 4 is 29.9 Å². The minimum Gasteiger partial charge on any atom is -0.383 e. The van der Waals surface area contributed by atoms with Crippen LogP contribution in [0.4, 0.5) is 13.2 Å². The first-order valence-electron chi connectivity index (χ1n) is 11.4. The highest BCUT2D eigenvalue weighted by Gasteiger charge is 2.32. The topological polar surface area (TPSA) is 52.1 Å². The molecule has 2 aliphatic heterocycles. The molecule has 0 radical (unpaired) electrons. The second kappa shape index (κ2) is 15.5. The quantitative estimate of drug-likeness (QED) is 0.243. The van der Waals surface area contributed by atoms with Gasteiger partial charge in [0.1, 0.15) is 0 Å². The summed E-state index contributed by atoms with van der Waals surface area (Å²) in [5.41, 5.74) is 0. The van der Waals surface area contributed by atoms with Gasteiger partial charge in [0.05, 0.1) is 13.2 Å². The van der Waals surface area contributed by atoms with E-state index < -0.39 is 12.7 Å². The number of hydrogen-bond acceptors (Lipinski definition) is 4. The maximum atomic E-state index is 12.5. The van der Waals surface area contributed by atoms with E-state index in [0.717, 1.165) is 71.1 Å². The van der Waals surface area contributed by atoms with Gasteiger partial charge in [-0.3, -0.25) is 9.89 Å². The van der Waals surface area contributed by atoms with Crippen molar-refractivity contribution in [3.8, 4) is 0 Å². The lowest BCUT2D eigenvalue weighted by Gasteiger charge is -2.32. The Morgan fingerprint density at radius 2 is 1.61 bits per heavy atom. The van der Waals surface area contributed by atoms with Crippen molar-refractivity contribution in [3.05, 3.63) is 0 Å². The third-order valence-electron chi connectivity index (χ3n) is 6.13. The van der Waals surface area contributed by atoms with Crippen molar-refractivity contribution in [2.75, 3.05) is 72.6 Å². The summed E-state index contributed by atoms with van der Waals surface area (Å²) in [6.45, 7) is 8.85. The van der Waals surface area contributed by atoms with E-state index in [4.69, 9.17) is 9.73 Å². The van der Waals surface area contributed by atoms with Gasteiger partial charge in [-0.25, -0.2) is 0 Å². The van der Waals surface area contributed by atoms with Gasteiger partial charge in [0.25, 0.3) is 0 Å². The number of alkyl halides is 3. The molecule has 0 spiro atoms. The first-order valence-corrected chi connectivity index (χ1v) is 11.4. The lowest BCUT2D eigenvalue weighted by Crippen LogP contribution is -2.42. The second-order valence-corrected chi connectivity index (χ2v) is 8.55. The molecule has 0 aromatic heterocycles. The average molecular weight is 563 g/mol. The Morgan fingerprint density at radius 3 is 2.19 bits per heavy atom. The Bertz CT molecular complexity index is 494. The molecular weight excluding hydrogens is 522 g/mol. The highest BCUT2D eigenvalue weighted by molar-refractivity contribution is 14.0. The number of rotatable bonds is 10. The van der Waals surface area contributed by atoms with Crippen LogP contribution in [0.15, 0.2) is 4.99 Å². The van der Waals surface area contributed by atoms with Gasteiger partial charge in [0, 0.05) is 33.3 Å². The normalized spacial score (nSPS) is 20.5. The van der Waals surface area contributed by atoms with Crippen LogP contribution in [0.25, 0.3) is 0 Å². The average Bonchev–Trinajstić information content (AvgIpc) is 2.71. The fourth-order valence-corrected chi connectivity index (χ4v) is 4.26. The third kappa shape index (κ3) is 12.5. The van der Waals surface area contributed by atoms with E-state index >= 15 is 0 Å². The Kier molecular flexibility index (Phi) is 14.3. The Labute approximate surface area is 202 Å². The molecule has 2 saturated heterocycles. The summed E-state index contributed by atoms with van der Waals surface area (Å²) in [6, 6.07) is 0. The minimum atomic E-state index is -4.09. The number of guanidine groups is 1. The van der Waals surface area contributed by atoms with Crippen LogP contribution < -0.4 is 10.6 Å². The summed E-state index contributed by atoms with van der Waals surface area (Å²) in [4.78, 5) is 8.75. The van der Waals surface area contributed by atoms with E-state index in [1.807, 2.05) is 0 Å². The molecule has 2 heterocycles. The summed E-state index contributed by atoms with van der Waals surface area (Å²) >= 11 is 0. The lowest BCUT2D eigenvalue weighted by atomic mass is 9.93. The zero-order valence-electron chi connectivity index (χ0n) is 19.1. The zero-order chi connectivity index (χ0) is 21.8. The number of ether oxygens (including phenoxy) is 1. The van der Waals surface area contributed by atoms with Crippen molar-refractivity contribution in [1.82, 2.24) is 20.4 Å². The van der Waals surface area contributed by atoms with Crippen LogP contribution in [0, 0.1) is 11.8 Å². The molecule has 0 aromatic rings. The van der Waals surface area contributed by atoms with Gasteiger partial charge in [0.2, 0.25) is 0 Å². The molecule has 6 nitrogen and oxygen atoms in total. The van der Waals surface area contributed by atoms with Crippen LogP contribution in [0.5, 0.6) is 0 Å². The van der Waals surface area contributed by atoms with Crippen LogP contribution in [-0.4, -0.2) is 94.6 Å². The molecule has 2 rings (SSSR count). The molecule has 0 atom stereocenters. The van der Waals surface area contributed by atoms with Crippen LogP contribution in [0.1, 0.15) is 39.0 Å². The maximum absolute atomic E-state index is 12.5. The first kappa shape index (κ1) is 28.7. The fraction of sp³-hybridized carbons (Fsp3) is 0.952. The van der Waals surface area contributed by atoms with E-state index in [-0.39, 0.29) is 24.0 Å². The van der Waals surface area contributed by atoms with E-state index in [2.05, 4.69) is 22.5 Å². The molecular formula is C21H41F3IN5O.